The molecule has 0 radical (unpaired) electrons. The van der Waals surface area contributed by atoms with Crippen molar-refractivity contribution in [1.82, 2.24) is 10.3 Å². The Bertz CT molecular complexity index is 833. The van der Waals surface area contributed by atoms with E-state index < -0.39 is 29.6 Å². The van der Waals surface area contributed by atoms with Crippen LogP contribution in [0.3, 0.4) is 0 Å². The van der Waals surface area contributed by atoms with Gasteiger partial charge in [-0.1, -0.05) is 13.0 Å². The van der Waals surface area contributed by atoms with Crippen LogP contribution in [0.2, 0.25) is 0 Å². The zero-order chi connectivity index (χ0) is 19.4. The number of H-pyrrole nitrogens is 1. The summed E-state index contributed by atoms with van der Waals surface area (Å²) in [6.45, 7) is 3.23. The maximum absolute atomic E-state index is 13.2. The summed E-state index contributed by atoms with van der Waals surface area (Å²) in [5.41, 5.74) is 1.63. The molecule has 0 unspecified atom stereocenters. The Hall–Kier alpha value is -2.74. The number of aromatic amines is 1. The molecule has 1 amide bonds. The van der Waals surface area contributed by atoms with Gasteiger partial charge in [-0.15, -0.1) is 0 Å². The lowest BCUT2D eigenvalue weighted by atomic mass is 10.1. The predicted octanol–water partition coefficient (Wildman–Crippen LogP) is 2.41. The van der Waals surface area contributed by atoms with Crippen LogP contribution in [-0.4, -0.2) is 35.6 Å². The summed E-state index contributed by atoms with van der Waals surface area (Å²) in [6, 6.07) is 3.01. The van der Waals surface area contributed by atoms with Gasteiger partial charge in [-0.05, 0) is 36.6 Å². The van der Waals surface area contributed by atoms with Crippen molar-refractivity contribution in [2.45, 2.75) is 26.4 Å². The number of aromatic nitrogens is 1. The number of benzene rings is 1. The highest BCUT2D eigenvalue weighted by Gasteiger charge is 2.24. The Kier molecular flexibility index (Phi) is 6.10. The van der Waals surface area contributed by atoms with Gasteiger partial charge in [0.05, 0.1) is 18.8 Å². The molecule has 0 bridgehead atoms. The first kappa shape index (κ1) is 19.6. The average Bonchev–Trinajstić information content (AvgIpc) is 2.97. The molecule has 3 N–H and O–H groups in total. The first-order chi connectivity index (χ1) is 12.3. The van der Waals surface area contributed by atoms with Gasteiger partial charge >= 0.3 is 5.97 Å². The van der Waals surface area contributed by atoms with E-state index in [2.05, 4.69) is 10.3 Å². The number of ether oxygens (including phenoxy) is 1. The van der Waals surface area contributed by atoms with E-state index in [0.717, 1.165) is 12.1 Å². The number of hydrogen-bond acceptors (Lipinski definition) is 4. The Morgan fingerprint density at radius 3 is 2.58 bits per heavy atom. The number of esters is 1. The second-order valence-electron chi connectivity index (χ2n) is 5.72. The molecule has 0 aliphatic rings. The van der Waals surface area contributed by atoms with Gasteiger partial charge in [-0.3, -0.25) is 4.79 Å². The van der Waals surface area contributed by atoms with Crippen LogP contribution in [0.25, 0.3) is 0 Å². The number of aliphatic hydroxyl groups is 1. The van der Waals surface area contributed by atoms with Gasteiger partial charge in [-0.25, -0.2) is 13.6 Å². The fourth-order valence-electron chi connectivity index (χ4n) is 2.64. The molecule has 2 aromatic rings. The summed E-state index contributed by atoms with van der Waals surface area (Å²) < 4.78 is 30.9. The molecule has 6 nitrogen and oxygen atoms in total. The van der Waals surface area contributed by atoms with Gasteiger partial charge in [0.1, 0.15) is 5.69 Å². The lowest BCUT2D eigenvalue weighted by Crippen LogP contribution is -2.29. The van der Waals surface area contributed by atoms with E-state index in [4.69, 9.17) is 4.74 Å². The molecule has 26 heavy (non-hydrogen) atoms. The third kappa shape index (κ3) is 3.91. The molecule has 0 saturated carbocycles. The van der Waals surface area contributed by atoms with Gasteiger partial charge < -0.3 is 20.1 Å². The third-order valence-electron chi connectivity index (χ3n) is 4.08. The van der Waals surface area contributed by atoms with Crippen molar-refractivity contribution in [3.05, 3.63) is 57.9 Å². The molecule has 1 aromatic carbocycles. The fraction of sp³-hybridized carbons (Fsp3) is 0.333. The number of methoxy groups -OCH3 is 1. The van der Waals surface area contributed by atoms with Gasteiger partial charge in [0.2, 0.25) is 0 Å². The number of halogens is 2. The highest BCUT2D eigenvalue weighted by Crippen LogP contribution is 2.21. The first-order valence-corrected chi connectivity index (χ1v) is 8.01. The second-order valence-corrected chi connectivity index (χ2v) is 5.72. The van der Waals surface area contributed by atoms with Crippen LogP contribution in [-0.2, 0) is 11.2 Å². The summed E-state index contributed by atoms with van der Waals surface area (Å²) in [5.74, 6) is -3.18. The van der Waals surface area contributed by atoms with Crippen molar-refractivity contribution in [2.24, 2.45) is 0 Å². The van der Waals surface area contributed by atoms with Crippen LogP contribution in [0, 0.1) is 18.6 Å². The minimum absolute atomic E-state index is 0.136. The number of hydrogen-bond donors (Lipinski definition) is 3. The van der Waals surface area contributed by atoms with Gasteiger partial charge in [0.25, 0.3) is 5.91 Å². The number of aryl methyl sites for hydroxylation is 1. The zero-order valence-electron chi connectivity index (χ0n) is 14.7. The molecular weight excluding hydrogens is 346 g/mol. The van der Waals surface area contributed by atoms with E-state index in [-0.39, 0.29) is 17.8 Å². The lowest BCUT2D eigenvalue weighted by Gasteiger charge is -2.12. The summed E-state index contributed by atoms with van der Waals surface area (Å²) in [4.78, 5) is 27.1. The van der Waals surface area contributed by atoms with E-state index in [1.54, 1.807) is 6.92 Å². The van der Waals surface area contributed by atoms with Gasteiger partial charge in [0, 0.05) is 12.2 Å². The maximum Gasteiger partial charge on any atom is 0.339 e. The van der Waals surface area contributed by atoms with Crippen LogP contribution >= 0.6 is 0 Å². The Morgan fingerprint density at radius 1 is 1.31 bits per heavy atom. The summed E-state index contributed by atoms with van der Waals surface area (Å²) in [5, 5.41) is 12.6. The average molecular weight is 366 g/mol. The molecule has 0 spiro atoms. The number of aliphatic hydroxyl groups excluding tert-OH is 1. The number of carbonyl (C=O) groups excluding carboxylic acids is 2. The SMILES string of the molecule is CCc1[nH]c(C(=O)NC[C@@H](O)c2ccc(F)c(F)c2)c(C)c1C(=O)OC. The number of nitrogens with one attached hydrogen (secondary N) is 2. The molecule has 140 valence electrons. The molecule has 8 heteroatoms. The van der Waals surface area contributed by atoms with Crippen molar-refractivity contribution in [3.8, 4) is 0 Å². The summed E-state index contributed by atoms with van der Waals surface area (Å²) in [7, 11) is 1.26. The molecule has 0 aliphatic heterocycles. The van der Waals surface area contributed by atoms with Crippen LogP contribution in [0.15, 0.2) is 18.2 Å². The molecular formula is C18H20F2N2O4. The first-order valence-electron chi connectivity index (χ1n) is 8.01. The molecule has 1 atom stereocenters. The van der Waals surface area contributed by atoms with E-state index in [9.17, 15) is 23.5 Å². The van der Waals surface area contributed by atoms with Crippen molar-refractivity contribution in [3.63, 3.8) is 0 Å². The highest BCUT2D eigenvalue weighted by atomic mass is 19.2. The number of amides is 1. The third-order valence-corrected chi connectivity index (χ3v) is 4.08. The molecule has 1 heterocycles. The normalized spacial score (nSPS) is 11.9. The molecule has 0 fully saturated rings. The largest absolute Gasteiger partial charge is 0.465 e. The van der Waals surface area contributed by atoms with Crippen molar-refractivity contribution in [1.29, 1.82) is 0 Å². The van der Waals surface area contributed by atoms with Crippen molar-refractivity contribution >= 4 is 11.9 Å². The summed E-state index contributed by atoms with van der Waals surface area (Å²) in [6.07, 6.45) is -0.717. The number of rotatable bonds is 6. The predicted molar refractivity (Wildman–Crippen MR) is 89.9 cm³/mol. The maximum atomic E-state index is 13.2. The minimum Gasteiger partial charge on any atom is -0.465 e. The van der Waals surface area contributed by atoms with E-state index in [1.165, 1.54) is 13.2 Å². The van der Waals surface area contributed by atoms with Gasteiger partial charge in [0.15, 0.2) is 11.6 Å². The van der Waals surface area contributed by atoms with Crippen molar-refractivity contribution in [2.75, 3.05) is 13.7 Å². The van der Waals surface area contributed by atoms with Crippen molar-refractivity contribution < 1.29 is 28.2 Å². The lowest BCUT2D eigenvalue weighted by molar-refractivity contribution is 0.0599. The smallest absolute Gasteiger partial charge is 0.339 e. The number of carbonyl (C=O) groups is 2. The zero-order valence-corrected chi connectivity index (χ0v) is 14.7. The Labute approximate surface area is 149 Å². The van der Waals surface area contributed by atoms with Crippen LogP contribution in [0.4, 0.5) is 8.78 Å². The standard InChI is InChI=1S/C18H20F2N2O4/c1-4-13-15(18(25)26-3)9(2)16(22-13)17(24)21-8-14(23)10-5-6-11(19)12(20)7-10/h5-7,14,22-23H,4,8H2,1-3H3,(H,21,24)/t14-/m1/s1. The van der Waals surface area contributed by atoms with E-state index in [0.29, 0.717) is 23.2 Å². The fourth-order valence-corrected chi connectivity index (χ4v) is 2.64. The van der Waals surface area contributed by atoms with E-state index >= 15 is 0 Å². The molecule has 1 aromatic heterocycles. The van der Waals surface area contributed by atoms with Crippen LogP contribution < -0.4 is 5.32 Å². The summed E-state index contributed by atoms with van der Waals surface area (Å²) >= 11 is 0. The Morgan fingerprint density at radius 2 is 2.00 bits per heavy atom. The molecule has 0 saturated heterocycles. The monoisotopic (exact) mass is 366 g/mol. The molecule has 0 aliphatic carbocycles. The van der Waals surface area contributed by atoms with Gasteiger partial charge in [-0.2, -0.15) is 0 Å². The second kappa shape index (κ2) is 8.09. The minimum atomic E-state index is -1.21. The quantitative estimate of drug-likeness (QED) is 0.685. The van der Waals surface area contributed by atoms with E-state index in [1.807, 2.05) is 6.92 Å². The Balaban J connectivity index is 2.13. The van der Waals surface area contributed by atoms with Crippen LogP contribution in [0.5, 0.6) is 0 Å². The highest BCUT2D eigenvalue weighted by molar-refractivity contribution is 6.00. The molecule has 2 rings (SSSR count). The van der Waals surface area contributed by atoms with Crippen LogP contribution in [0.1, 0.15) is 50.7 Å². The topological polar surface area (TPSA) is 91.4 Å².